The molecule has 20 heavy (non-hydrogen) atoms. The maximum absolute atomic E-state index is 5.96. The van der Waals surface area contributed by atoms with Crippen LogP contribution in [0.25, 0.3) is 11.0 Å². The quantitative estimate of drug-likeness (QED) is 0.775. The largest absolute Gasteiger partial charge is 0.497 e. The lowest BCUT2D eigenvalue weighted by atomic mass is 10.3. The molecule has 0 aliphatic heterocycles. The van der Waals surface area contributed by atoms with Gasteiger partial charge in [-0.05, 0) is 19.1 Å². The van der Waals surface area contributed by atoms with Crippen molar-refractivity contribution in [2.75, 3.05) is 12.8 Å². The summed E-state index contributed by atoms with van der Waals surface area (Å²) in [6, 6.07) is 5.66. The average molecular weight is 273 g/mol. The molecule has 7 heteroatoms. The van der Waals surface area contributed by atoms with Crippen molar-refractivity contribution >= 4 is 17.0 Å². The molecule has 3 rings (SSSR count). The van der Waals surface area contributed by atoms with Crippen molar-refractivity contribution in [2.24, 2.45) is 0 Å². The Kier molecular flexibility index (Phi) is 3.02. The molecule has 0 saturated carbocycles. The average Bonchev–Trinajstić information content (AvgIpc) is 2.98. The zero-order valence-corrected chi connectivity index (χ0v) is 11.3. The zero-order valence-electron chi connectivity index (χ0n) is 11.3. The number of methoxy groups -OCH3 is 1. The van der Waals surface area contributed by atoms with Crippen molar-refractivity contribution in [2.45, 2.75) is 19.9 Å². The predicted octanol–water partition coefficient (Wildman–Crippen LogP) is 1.56. The minimum absolute atomic E-state index is 0.462. The molecule has 3 aromatic rings. The van der Waals surface area contributed by atoms with Crippen molar-refractivity contribution in [3.8, 4) is 5.75 Å². The number of ether oxygens (including phenoxy) is 1. The van der Waals surface area contributed by atoms with Gasteiger partial charge in [-0.1, -0.05) is 5.16 Å². The summed E-state index contributed by atoms with van der Waals surface area (Å²) < 4.78 is 12.2. The van der Waals surface area contributed by atoms with E-state index >= 15 is 0 Å². The summed E-state index contributed by atoms with van der Waals surface area (Å²) in [5.41, 5.74) is 7.73. The third kappa shape index (κ3) is 2.18. The molecule has 0 amide bonds. The summed E-state index contributed by atoms with van der Waals surface area (Å²) in [5, 5.41) is 3.77. The van der Waals surface area contributed by atoms with E-state index < -0.39 is 0 Å². The van der Waals surface area contributed by atoms with Gasteiger partial charge in [-0.3, -0.25) is 0 Å². The Balaban J connectivity index is 1.91. The van der Waals surface area contributed by atoms with Crippen LogP contribution in [0.3, 0.4) is 0 Å². The van der Waals surface area contributed by atoms with Gasteiger partial charge in [0.05, 0.1) is 18.1 Å². The van der Waals surface area contributed by atoms with Gasteiger partial charge in [-0.15, -0.1) is 0 Å². The molecule has 7 nitrogen and oxygen atoms in total. The molecule has 0 aliphatic rings. The van der Waals surface area contributed by atoms with Gasteiger partial charge in [0.15, 0.2) is 5.82 Å². The van der Waals surface area contributed by atoms with Gasteiger partial charge >= 0.3 is 0 Å². The number of aromatic nitrogens is 4. The highest BCUT2D eigenvalue weighted by atomic mass is 16.5. The Morgan fingerprint density at radius 1 is 1.35 bits per heavy atom. The Bertz CT molecular complexity index is 746. The lowest BCUT2D eigenvalue weighted by Gasteiger charge is -2.05. The first-order chi connectivity index (χ1) is 9.67. The molecule has 0 fully saturated rings. The third-order valence-electron chi connectivity index (χ3n) is 3.10. The number of anilines is 1. The fourth-order valence-corrected chi connectivity index (χ4v) is 2.13. The summed E-state index contributed by atoms with van der Waals surface area (Å²) >= 11 is 0. The van der Waals surface area contributed by atoms with Crippen molar-refractivity contribution in [3.63, 3.8) is 0 Å². The second kappa shape index (κ2) is 4.84. The van der Waals surface area contributed by atoms with Crippen LogP contribution < -0.4 is 10.5 Å². The summed E-state index contributed by atoms with van der Waals surface area (Å²) in [6.07, 6.45) is 0.605. The van der Waals surface area contributed by atoms with Crippen molar-refractivity contribution in [1.29, 1.82) is 0 Å². The summed E-state index contributed by atoms with van der Waals surface area (Å²) in [5.74, 6) is 2.45. The number of rotatable bonds is 4. The molecule has 0 spiro atoms. The maximum Gasteiger partial charge on any atom is 0.228 e. The van der Waals surface area contributed by atoms with Gasteiger partial charge in [0, 0.05) is 19.0 Å². The summed E-state index contributed by atoms with van der Waals surface area (Å²) in [4.78, 5) is 8.50. The topological polar surface area (TPSA) is 92.0 Å². The zero-order chi connectivity index (χ0) is 14.1. The van der Waals surface area contributed by atoms with Crippen LogP contribution in [-0.2, 0) is 13.0 Å². The van der Waals surface area contributed by atoms with E-state index in [0.29, 0.717) is 30.6 Å². The fraction of sp³-hybridized carbons (Fsp3) is 0.308. The number of nitrogens with zero attached hydrogens (tertiary/aromatic N) is 4. The molecule has 0 unspecified atom stereocenters. The number of aryl methyl sites for hydroxylation is 3. The minimum Gasteiger partial charge on any atom is -0.497 e. The van der Waals surface area contributed by atoms with Gasteiger partial charge in [-0.25, -0.2) is 4.98 Å². The molecule has 0 saturated heterocycles. The van der Waals surface area contributed by atoms with Crippen molar-refractivity contribution < 1.29 is 9.26 Å². The smallest absolute Gasteiger partial charge is 0.228 e. The first kappa shape index (κ1) is 12.5. The van der Waals surface area contributed by atoms with E-state index in [0.717, 1.165) is 16.8 Å². The molecule has 0 radical (unpaired) electrons. The van der Waals surface area contributed by atoms with Crippen LogP contribution in [0.15, 0.2) is 22.7 Å². The fourth-order valence-electron chi connectivity index (χ4n) is 2.13. The highest BCUT2D eigenvalue weighted by molar-refractivity contribution is 5.79. The maximum atomic E-state index is 5.96. The van der Waals surface area contributed by atoms with E-state index in [1.54, 1.807) is 14.0 Å². The highest BCUT2D eigenvalue weighted by Crippen LogP contribution is 2.23. The Morgan fingerprint density at radius 3 is 2.90 bits per heavy atom. The predicted molar refractivity (Wildman–Crippen MR) is 73.4 cm³/mol. The van der Waals surface area contributed by atoms with Crippen LogP contribution in [0.2, 0.25) is 0 Å². The molecule has 2 heterocycles. The number of nitrogen functional groups attached to an aromatic ring is 1. The number of nitrogens with two attached hydrogens (primary N) is 1. The molecule has 2 N–H and O–H groups in total. The van der Waals surface area contributed by atoms with Crippen LogP contribution in [0, 0.1) is 6.92 Å². The Hall–Kier alpha value is -2.57. The van der Waals surface area contributed by atoms with Crippen LogP contribution >= 0.6 is 0 Å². The molecule has 0 atom stereocenters. The molecule has 0 bridgehead atoms. The number of fused-ring (bicyclic) bond motifs is 1. The van der Waals surface area contributed by atoms with Crippen LogP contribution in [0.5, 0.6) is 5.75 Å². The number of hydrogen-bond acceptors (Lipinski definition) is 6. The SMILES string of the molecule is COc1ccc2nc(N)n(CCc3nc(C)no3)c2c1. The molecule has 0 aliphatic carbocycles. The van der Waals surface area contributed by atoms with E-state index in [9.17, 15) is 0 Å². The normalized spacial score (nSPS) is 11.1. The lowest BCUT2D eigenvalue weighted by molar-refractivity contribution is 0.369. The molecule has 1 aromatic carbocycles. The van der Waals surface area contributed by atoms with Gasteiger partial charge in [0.2, 0.25) is 11.8 Å². The Morgan fingerprint density at radius 2 is 2.20 bits per heavy atom. The summed E-state index contributed by atoms with van der Waals surface area (Å²) in [7, 11) is 1.63. The van der Waals surface area contributed by atoms with E-state index in [-0.39, 0.29) is 0 Å². The van der Waals surface area contributed by atoms with E-state index in [4.69, 9.17) is 15.0 Å². The van der Waals surface area contributed by atoms with Gasteiger partial charge in [0.1, 0.15) is 5.75 Å². The molecular formula is C13H15N5O2. The Labute approximate surface area is 115 Å². The van der Waals surface area contributed by atoms with Gasteiger partial charge in [-0.2, -0.15) is 4.98 Å². The molecule has 104 valence electrons. The van der Waals surface area contributed by atoms with Crippen molar-refractivity contribution in [1.82, 2.24) is 19.7 Å². The van der Waals surface area contributed by atoms with E-state index in [2.05, 4.69) is 15.1 Å². The minimum atomic E-state index is 0.462. The molecule has 2 aromatic heterocycles. The first-order valence-corrected chi connectivity index (χ1v) is 6.26. The highest BCUT2D eigenvalue weighted by Gasteiger charge is 2.11. The van der Waals surface area contributed by atoms with Crippen LogP contribution in [-0.4, -0.2) is 26.8 Å². The van der Waals surface area contributed by atoms with Crippen LogP contribution in [0.1, 0.15) is 11.7 Å². The van der Waals surface area contributed by atoms with E-state index in [1.807, 2.05) is 22.8 Å². The second-order valence-corrected chi connectivity index (χ2v) is 4.46. The molecular weight excluding hydrogens is 258 g/mol. The van der Waals surface area contributed by atoms with Gasteiger partial charge < -0.3 is 19.6 Å². The van der Waals surface area contributed by atoms with Crippen molar-refractivity contribution in [3.05, 3.63) is 29.9 Å². The number of imidazole rings is 1. The monoisotopic (exact) mass is 273 g/mol. The second-order valence-electron chi connectivity index (χ2n) is 4.46. The summed E-state index contributed by atoms with van der Waals surface area (Å²) in [6.45, 7) is 2.41. The van der Waals surface area contributed by atoms with Gasteiger partial charge in [0.25, 0.3) is 0 Å². The standard InChI is InChI=1S/C13H15N5O2/c1-8-15-12(20-17-8)5-6-18-11-7-9(19-2)3-4-10(11)16-13(18)14/h3-4,7H,5-6H2,1-2H3,(H2,14,16). The lowest BCUT2D eigenvalue weighted by Crippen LogP contribution is -2.06. The first-order valence-electron chi connectivity index (χ1n) is 6.26. The van der Waals surface area contributed by atoms with Crippen LogP contribution in [0.4, 0.5) is 5.95 Å². The third-order valence-corrected chi connectivity index (χ3v) is 3.10. The number of benzene rings is 1. The number of hydrogen-bond donors (Lipinski definition) is 1. The van der Waals surface area contributed by atoms with E-state index in [1.165, 1.54) is 0 Å².